The Balaban J connectivity index is 2.07. The molecule has 1 amide bonds. The smallest absolute Gasteiger partial charge is 0.246 e. The number of benzene rings is 1. The van der Waals surface area contributed by atoms with Gasteiger partial charge < -0.3 is 10.1 Å². The molecule has 3 nitrogen and oxygen atoms in total. The Morgan fingerprint density at radius 2 is 2.00 bits per heavy atom. The van der Waals surface area contributed by atoms with Crippen molar-refractivity contribution < 1.29 is 9.53 Å². The molecule has 1 heterocycles. The van der Waals surface area contributed by atoms with Gasteiger partial charge in [-0.1, -0.05) is 38.1 Å². The summed E-state index contributed by atoms with van der Waals surface area (Å²) in [5.41, 5.74) is 2.45. The zero-order valence-corrected chi connectivity index (χ0v) is 9.69. The maximum Gasteiger partial charge on any atom is 0.246 e. The van der Waals surface area contributed by atoms with Crippen molar-refractivity contribution in [2.45, 2.75) is 25.9 Å². The molecule has 0 saturated carbocycles. The molecule has 86 valence electrons. The zero-order chi connectivity index (χ0) is 11.5. The summed E-state index contributed by atoms with van der Waals surface area (Å²) in [5.74, 6) is 0.510. The molecule has 1 aliphatic rings. The lowest BCUT2D eigenvalue weighted by Gasteiger charge is -2.23. The summed E-state index contributed by atoms with van der Waals surface area (Å²) in [6.45, 7) is 5.08. The molecule has 0 spiro atoms. The molecule has 1 aromatic rings. The third-order valence-electron chi connectivity index (χ3n) is 2.88. The lowest BCUT2D eigenvalue weighted by molar-refractivity contribution is -0.133. The van der Waals surface area contributed by atoms with Gasteiger partial charge in [-0.3, -0.25) is 4.79 Å². The number of morpholine rings is 1. The molecule has 2 rings (SSSR count). The maximum atomic E-state index is 10.9. The van der Waals surface area contributed by atoms with Crippen LogP contribution in [0, 0.1) is 0 Å². The van der Waals surface area contributed by atoms with Crippen LogP contribution in [-0.4, -0.2) is 19.1 Å². The number of ether oxygens (including phenoxy) is 1. The predicted molar refractivity (Wildman–Crippen MR) is 62.2 cm³/mol. The molecule has 1 saturated heterocycles. The number of rotatable bonds is 2. The summed E-state index contributed by atoms with van der Waals surface area (Å²) in [5, 5.41) is 2.80. The van der Waals surface area contributed by atoms with E-state index in [1.807, 2.05) is 0 Å². The second kappa shape index (κ2) is 4.66. The zero-order valence-electron chi connectivity index (χ0n) is 9.69. The fourth-order valence-electron chi connectivity index (χ4n) is 1.80. The van der Waals surface area contributed by atoms with Crippen LogP contribution in [0.25, 0.3) is 0 Å². The highest BCUT2D eigenvalue weighted by Gasteiger charge is 2.19. The summed E-state index contributed by atoms with van der Waals surface area (Å²) >= 11 is 0. The van der Waals surface area contributed by atoms with E-state index in [-0.39, 0.29) is 18.6 Å². The summed E-state index contributed by atoms with van der Waals surface area (Å²) in [6.07, 6.45) is -0.00101. The minimum absolute atomic E-state index is 0.00101. The Morgan fingerprint density at radius 1 is 1.31 bits per heavy atom. The van der Waals surface area contributed by atoms with Gasteiger partial charge in [0.25, 0.3) is 0 Å². The van der Waals surface area contributed by atoms with Crippen molar-refractivity contribution >= 4 is 5.91 Å². The van der Waals surface area contributed by atoms with Gasteiger partial charge in [-0.15, -0.1) is 0 Å². The van der Waals surface area contributed by atoms with Gasteiger partial charge in [0, 0.05) is 6.54 Å². The van der Waals surface area contributed by atoms with Crippen molar-refractivity contribution in [1.29, 1.82) is 0 Å². The molecule has 0 aliphatic carbocycles. The van der Waals surface area contributed by atoms with Crippen LogP contribution < -0.4 is 5.32 Å². The monoisotopic (exact) mass is 219 g/mol. The van der Waals surface area contributed by atoms with Gasteiger partial charge in [0.15, 0.2) is 0 Å². The minimum atomic E-state index is -0.0324. The maximum absolute atomic E-state index is 10.9. The van der Waals surface area contributed by atoms with Crippen LogP contribution in [-0.2, 0) is 9.53 Å². The van der Waals surface area contributed by atoms with E-state index in [0.717, 1.165) is 5.56 Å². The Kier molecular flexibility index (Phi) is 3.25. The predicted octanol–water partition coefficient (Wildman–Crippen LogP) is 2.00. The van der Waals surface area contributed by atoms with E-state index >= 15 is 0 Å². The summed E-state index contributed by atoms with van der Waals surface area (Å²) in [6, 6.07) is 8.41. The molecule has 3 heteroatoms. The van der Waals surface area contributed by atoms with E-state index in [2.05, 4.69) is 43.4 Å². The Morgan fingerprint density at radius 3 is 2.50 bits per heavy atom. The van der Waals surface area contributed by atoms with Gasteiger partial charge in [-0.25, -0.2) is 0 Å². The van der Waals surface area contributed by atoms with Gasteiger partial charge >= 0.3 is 0 Å². The molecule has 0 bridgehead atoms. The first-order valence-corrected chi connectivity index (χ1v) is 5.65. The van der Waals surface area contributed by atoms with E-state index in [4.69, 9.17) is 4.74 Å². The number of hydrogen-bond acceptors (Lipinski definition) is 2. The van der Waals surface area contributed by atoms with Crippen molar-refractivity contribution in [1.82, 2.24) is 5.32 Å². The van der Waals surface area contributed by atoms with Crippen LogP contribution in [0.15, 0.2) is 24.3 Å². The highest BCUT2D eigenvalue weighted by atomic mass is 16.5. The molecule has 1 aliphatic heterocycles. The van der Waals surface area contributed by atoms with Crippen LogP contribution in [0.3, 0.4) is 0 Å². The van der Waals surface area contributed by atoms with E-state index in [0.29, 0.717) is 12.5 Å². The van der Waals surface area contributed by atoms with Gasteiger partial charge in [0.2, 0.25) is 5.91 Å². The van der Waals surface area contributed by atoms with Crippen molar-refractivity contribution in [3.8, 4) is 0 Å². The molecule has 1 N–H and O–H groups in total. The fraction of sp³-hybridized carbons (Fsp3) is 0.462. The standard InChI is InChI=1S/C13H17NO2/c1-9(2)10-3-5-11(6-4-10)12-7-14-13(15)8-16-12/h3-6,9,12H,7-8H2,1-2H3,(H,14,15). The quantitative estimate of drug-likeness (QED) is 0.826. The number of hydrogen-bond donors (Lipinski definition) is 1. The first kappa shape index (κ1) is 11.1. The summed E-state index contributed by atoms with van der Waals surface area (Å²) in [4.78, 5) is 10.9. The number of carbonyl (C=O) groups excluding carboxylic acids is 1. The molecular formula is C13H17NO2. The normalized spacial score (nSPS) is 20.9. The highest BCUT2D eigenvalue weighted by molar-refractivity contribution is 5.77. The topological polar surface area (TPSA) is 38.3 Å². The Labute approximate surface area is 95.8 Å². The molecule has 0 radical (unpaired) electrons. The first-order valence-electron chi connectivity index (χ1n) is 5.65. The average Bonchev–Trinajstić information content (AvgIpc) is 2.30. The number of amides is 1. The third-order valence-corrected chi connectivity index (χ3v) is 2.88. The molecule has 1 unspecified atom stereocenters. The molecule has 1 fully saturated rings. The lowest BCUT2D eigenvalue weighted by atomic mass is 10.00. The van der Waals surface area contributed by atoms with Gasteiger partial charge in [0.05, 0.1) is 0 Å². The van der Waals surface area contributed by atoms with E-state index in [9.17, 15) is 4.79 Å². The molecule has 1 aromatic carbocycles. The SMILES string of the molecule is CC(C)c1ccc(C2CNC(=O)CO2)cc1. The van der Waals surface area contributed by atoms with Crippen molar-refractivity contribution in [2.75, 3.05) is 13.2 Å². The van der Waals surface area contributed by atoms with Crippen LogP contribution in [0.5, 0.6) is 0 Å². The number of nitrogens with one attached hydrogen (secondary N) is 1. The third kappa shape index (κ3) is 2.42. The van der Waals surface area contributed by atoms with Crippen molar-refractivity contribution in [2.24, 2.45) is 0 Å². The van der Waals surface area contributed by atoms with Crippen molar-refractivity contribution in [3.05, 3.63) is 35.4 Å². The van der Waals surface area contributed by atoms with Crippen LogP contribution in [0.4, 0.5) is 0 Å². The molecule has 16 heavy (non-hydrogen) atoms. The molecule has 1 atom stereocenters. The second-order valence-corrected chi connectivity index (χ2v) is 4.43. The van der Waals surface area contributed by atoms with Gasteiger partial charge in [-0.05, 0) is 17.0 Å². The van der Waals surface area contributed by atoms with Crippen LogP contribution >= 0.6 is 0 Å². The van der Waals surface area contributed by atoms with Gasteiger partial charge in [-0.2, -0.15) is 0 Å². The minimum Gasteiger partial charge on any atom is -0.362 e. The summed E-state index contributed by atoms with van der Waals surface area (Å²) in [7, 11) is 0. The fourth-order valence-corrected chi connectivity index (χ4v) is 1.80. The first-order chi connectivity index (χ1) is 7.66. The highest BCUT2D eigenvalue weighted by Crippen LogP contribution is 2.21. The van der Waals surface area contributed by atoms with Crippen LogP contribution in [0.1, 0.15) is 37.0 Å². The van der Waals surface area contributed by atoms with Crippen molar-refractivity contribution in [3.63, 3.8) is 0 Å². The molecular weight excluding hydrogens is 202 g/mol. The van der Waals surface area contributed by atoms with E-state index in [1.165, 1.54) is 5.56 Å². The second-order valence-electron chi connectivity index (χ2n) is 4.43. The van der Waals surface area contributed by atoms with E-state index < -0.39 is 0 Å². The Hall–Kier alpha value is -1.35. The van der Waals surface area contributed by atoms with E-state index in [1.54, 1.807) is 0 Å². The van der Waals surface area contributed by atoms with Gasteiger partial charge in [0.1, 0.15) is 12.7 Å². The summed E-state index contributed by atoms with van der Waals surface area (Å²) < 4.78 is 5.46. The number of carbonyl (C=O) groups is 1. The lowest BCUT2D eigenvalue weighted by Crippen LogP contribution is -2.38. The largest absolute Gasteiger partial charge is 0.362 e. The average molecular weight is 219 g/mol. The molecule has 0 aromatic heterocycles. The van der Waals surface area contributed by atoms with Crippen LogP contribution in [0.2, 0.25) is 0 Å². The Bertz CT molecular complexity index is 360.